The number of aromatic nitrogens is 2. The first-order valence-electron chi connectivity index (χ1n) is 10.7. The Kier molecular flexibility index (Phi) is 5.15. The van der Waals surface area contributed by atoms with Gasteiger partial charge in [0, 0.05) is 24.8 Å². The van der Waals surface area contributed by atoms with Crippen LogP contribution in [0.3, 0.4) is 0 Å². The molecule has 31 heavy (non-hydrogen) atoms. The number of methoxy groups -OCH3 is 2. The van der Waals surface area contributed by atoms with Crippen molar-refractivity contribution in [2.45, 2.75) is 32.0 Å². The van der Waals surface area contributed by atoms with E-state index in [0.29, 0.717) is 41.1 Å². The summed E-state index contributed by atoms with van der Waals surface area (Å²) < 4.78 is 10.7. The van der Waals surface area contributed by atoms with Crippen LogP contribution in [0.4, 0.5) is 11.6 Å². The fraction of sp³-hybridized carbons (Fsp3) is 0.391. The van der Waals surface area contributed by atoms with Crippen molar-refractivity contribution < 1.29 is 9.47 Å². The SMILES string of the molecule is COc1cc2nc(N3CCc4c(cccc4NC4CCCN4)C3)[nH]c(=O)c2cc1OC. The molecular weight excluding hydrogens is 394 g/mol. The van der Waals surface area contributed by atoms with E-state index in [0.717, 1.165) is 25.9 Å². The molecular formula is C23H27N5O3. The van der Waals surface area contributed by atoms with Gasteiger partial charge in [0.2, 0.25) is 5.95 Å². The molecule has 0 bridgehead atoms. The molecule has 1 aromatic heterocycles. The maximum Gasteiger partial charge on any atom is 0.260 e. The summed E-state index contributed by atoms with van der Waals surface area (Å²) in [6.07, 6.45) is 3.58. The first kappa shape index (κ1) is 19.7. The first-order valence-corrected chi connectivity index (χ1v) is 10.7. The molecule has 3 aromatic rings. The zero-order valence-corrected chi connectivity index (χ0v) is 17.8. The van der Waals surface area contributed by atoms with Gasteiger partial charge < -0.3 is 19.7 Å². The Morgan fingerprint density at radius 1 is 1.19 bits per heavy atom. The molecule has 3 heterocycles. The highest BCUT2D eigenvalue weighted by molar-refractivity contribution is 5.82. The van der Waals surface area contributed by atoms with Crippen molar-refractivity contribution in [1.82, 2.24) is 15.3 Å². The minimum Gasteiger partial charge on any atom is -0.493 e. The van der Waals surface area contributed by atoms with E-state index in [1.807, 2.05) is 0 Å². The second-order valence-corrected chi connectivity index (χ2v) is 8.02. The molecule has 2 aromatic carbocycles. The fourth-order valence-corrected chi connectivity index (χ4v) is 4.52. The van der Waals surface area contributed by atoms with E-state index in [9.17, 15) is 4.79 Å². The zero-order valence-electron chi connectivity index (χ0n) is 17.8. The smallest absolute Gasteiger partial charge is 0.260 e. The second-order valence-electron chi connectivity index (χ2n) is 8.02. The Morgan fingerprint density at radius 2 is 2.03 bits per heavy atom. The van der Waals surface area contributed by atoms with Gasteiger partial charge in [0.05, 0.1) is 31.3 Å². The molecule has 2 aliphatic rings. The van der Waals surface area contributed by atoms with Gasteiger partial charge in [-0.2, -0.15) is 0 Å². The molecule has 1 atom stereocenters. The number of anilines is 2. The van der Waals surface area contributed by atoms with Crippen molar-refractivity contribution in [3.63, 3.8) is 0 Å². The van der Waals surface area contributed by atoms with E-state index in [-0.39, 0.29) is 5.56 Å². The van der Waals surface area contributed by atoms with Gasteiger partial charge in [-0.05, 0) is 49.1 Å². The first-order chi connectivity index (χ1) is 15.2. The largest absolute Gasteiger partial charge is 0.493 e. The van der Waals surface area contributed by atoms with Crippen molar-refractivity contribution in [3.8, 4) is 11.5 Å². The van der Waals surface area contributed by atoms with E-state index in [2.05, 4.69) is 38.7 Å². The third-order valence-electron chi connectivity index (χ3n) is 6.15. The van der Waals surface area contributed by atoms with Crippen LogP contribution in [0.5, 0.6) is 11.5 Å². The molecule has 8 heteroatoms. The number of rotatable bonds is 5. The maximum absolute atomic E-state index is 12.8. The Hall–Kier alpha value is -3.26. The maximum atomic E-state index is 12.8. The normalized spacial score (nSPS) is 18.1. The van der Waals surface area contributed by atoms with Crippen molar-refractivity contribution in [3.05, 3.63) is 51.8 Å². The number of aromatic amines is 1. The minimum absolute atomic E-state index is 0.186. The molecule has 3 N–H and O–H groups in total. The van der Waals surface area contributed by atoms with Crippen LogP contribution in [0.15, 0.2) is 35.1 Å². The van der Waals surface area contributed by atoms with Crippen molar-refractivity contribution in [2.75, 3.05) is 37.5 Å². The average molecular weight is 422 g/mol. The molecule has 0 amide bonds. The van der Waals surface area contributed by atoms with E-state index >= 15 is 0 Å². The standard InChI is InChI=1S/C23H27N5O3/c1-30-19-11-16-18(12-20(19)31-2)26-23(27-22(16)29)28-10-8-15-14(13-28)5-3-6-17(15)25-21-7-4-9-24-21/h3,5-6,11-12,21,24-25H,4,7-10,13H2,1-2H3,(H,26,27,29). The van der Waals surface area contributed by atoms with Crippen LogP contribution in [-0.4, -0.2) is 43.4 Å². The third kappa shape index (κ3) is 3.67. The molecule has 162 valence electrons. The lowest BCUT2D eigenvalue weighted by molar-refractivity contribution is 0.355. The number of benzene rings is 2. The fourth-order valence-electron chi connectivity index (χ4n) is 4.52. The van der Waals surface area contributed by atoms with Gasteiger partial charge in [0.15, 0.2) is 11.5 Å². The van der Waals surface area contributed by atoms with Crippen LogP contribution in [0.25, 0.3) is 10.9 Å². The lowest BCUT2D eigenvalue weighted by Crippen LogP contribution is -2.35. The van der Waals surface area contributed by atoms with Gasteiger partial charge in [0.25, 0.3) is 5.56 Å². The van der Waals surface area contributed by atoms with E-state index in [1.165, 1.54) is 23.2 Å². The molecule has 0 saturated carbocycles. The summed E-state index contributed by atoms with van der Waals surface area (Å²) in [5.41, 5.74) is 4.21. The number of ether oxygens (including phenoxy) is 2. The summed E-state index contributed by atoms with van der Waals surface area (Å²) in [6, 6.07) is 9.82. The summed E-state index contributed by atoms with van der Waals surface area (Å²) in [4.78, 5) is 22.6. The number of hydrogen-bond acceptors (Lipinski definition) is 7. The van der Waals surface area contributed by atoms with Gasteiger partial charge in [-0.1, -0.05) is 12.1 Å². The van der Waals surface area contributed by atoms with Crippen LogP contribution in [0.1, 0.15) is 24.0 Å². The second kappa shape index (κ2) is 8.11. The monoisotopic (exact) mass is 421 g/mol. The molecule has 0 spiro atoms. The number of nitrogens with one attached hydrogen (secondary N) is 3. The number of nitrogens with zero attached hydrogens (tertiary/aromatic N) is 2. The highest BCUT2D eigenvalue weighted by Crippen LogP contribution is 2.32. The summed E-state index contributed by atoms with van der Waals surface area (Å²) in [7, 11) is 3.13. The van der Waals surface area contributed by atoms with Crippen molar-refractivity contribution in [1.29, 1.82) is 0 Å². The summed E-state index contributed by atoms with van der Waals surface area (Å²) >= 11 is 0. The number of hydrogen-bond donors (Lipinski definition) is 3. The van der Waals surface area contributed by atoms with Crippen LogP contribution < -0.4 is 30.6 Å². The molecule has 0 aliphatic carbocycles. The van der Waals surface area contributed by atoms with Crippen LogP contribution in [-0.2, 0) is 13.0 Å². The minimum atomic E-state index is -0.186. The molecule has 5 rings (SSSR count). The van der Waals surface area contributed by atoms with E-state index in [4.69, 9.17) is 14.5 Å². The van der Waals surface area contributed by atoms with Gasteiger partial charge >= 0.3 is 0 Å². The van der Waals surface area contributed by atoms with Crippen molar-refractivity contribution in [2.24, 2.45) is 0 Å². The molecule has 2 aliphatic heterocycles. The lowest BCUT2D eigenvalue weighted by atomic mass is 9.97. The molecule has 1 unspecified atom stereocenters. The molecule has 8 nitrogen and oxygen atoms in total. The Morgan fingerprint density at radius 3 is 2.81 bits per heavy atom. The highest BCUT2D eigenvalue weighted by Gasteiger charge is 2.23. The zero-order chi connectivity index (χ0) is 21.4. The van der Waals surface area contributed by atoms with Gasteiger partial charge in [0.1, 0.15) is 0 Å². The lowest BCUT2D eigenvalue weighted by Gasteiger charge is -2.31. The summed E-state index contributed by atoms with van der Waals surface area (Å²) in [6.45, 7) is 2.55. The van der Waals surface area contributed by atoms with Crippen LogP contribution in [0, 0.1) is 0 Å². The Labute approximate surface area is 180 Å². The predicted octanol–water partition coefficient (Wildman–Crippen LogP) is 2.62. The topological polar surface area (TPSA) is 91.5 Å². The van der Waals surface area contributed by atoms with Gasteiger partial charge in [-0.3, -0.25) is 15.1 Å². The highest BCUT2D eigenvalue weighted by atomic mass is 16.5. The summed E-state index contributed by atoms with van der Waals surface area (Å²) in [5, 5.41) is 7.63. The molecule has 1 fully saturated rings. The Balaban J connectivity index is 1.45. The number of fused-ring (bicyclic) bond motifs is 2. The predicted molar refractivity (Wildman–Crippen MR) is 121 cm³/mol. The van der Waals surface area contributed by atoms with Gasteiger partial charge in [-0.15, -0.1) is 0 Å². The molecule has 1 saturated heterocycles. The van der Waals surface area contributed by atoms with Crippen LogP contribution >= 0.6 is 0 Å². The quantitative estimate of drug-likeness (QED) is 0.583. The number of H-pyrrole nitrogens is 1. The average Bonchev–Trinajstić information content (AvgIpc) is 3.31. The summed E-state index contributed by atoms with van der Waals surface area (Å²) in [5.74, 6) is 1.64. The van der Waals surface area contributed by atoms with Crippen molar-refractivity contribution >= 4 is 22.5 Å². The Bertz CT molecular complexity index is 1170. The van der Waals surface area contributed by atoms with Gasteiger partial charge in [-0.25, -0.2) is 4.98 Å². The van der Waals surface area contributed by atoms with E-state index < -0.39 is 0 Å². The van der Waals surface area contributed by atoms with Crippen LogP contribution in [0.2, 0.25) is 0 Å². The third-order valence-corrected chi connectivity index (χ3v) is 6.15. The van der Waals surface area contributed by atoms with E-state index in [1.54, 1.807) is 26.4 Å². The molecule has 0 radical (unpaired) electrons.